The zero-order chi connectivity index (χ0) is 4.99. The van der Waals surface area contributed by atoms with Crippen molar-refractivity contribution < 1.29 is 0 Å². The summed E-state index contributed by atoms with van der Waals surface area (Å²) in [5.74, 6) is 0. The highest BCUT2D eigenvalue weighted by Crippen LogP contribution is 1.85. The van der Waals surface area contributed by atoms with Crippen LogP contribution in [0.25, 0.3) is 0 Å². The van der Waals surface area contributed by atoms with Crippen molar-refractivity contribution in [1.82, 2.24) is 0 Å². The van der Waals surface area contributed by atoms with Crippen molar-refractivity contribution in [3.8, 4) is 0 Å². The topological polar surface area (TPSA) is 0 Å². The van der Waals surface area contributed by atoms with Crippen LogP contribution < -0.4 is 0 Å². The van der Waals surface area contributed by atoms with Gasteiger partial charge < -0.3 is 0 Å². The minimum Gasteiger partial charge on any atom is -0.0961 e. The van der Waals surface area contributed by atoms with Crippen LogP contribution in [-0.4, -0.2) is 0 Å². The summed E-state index contributed by atoms with van der Waals surface area (Å²) in [5, 5.41) is 0. The van der Waals surface area contributed by atoms with E-state index in [1.54, 1.807) is 0 Å². The van der Waals surface area contributed by atoms with Gasteiger partial charge in [-0.2, -0.15) is 0 Å². The fourth-order valence-corrected chi connectivity index (χ4v) is 0.285. The Morgan fingerprint density at radius 2 is 2.17 bits per heavy atom. The Labute approximate surface area is 39.2 Å². The van der Waals surface area contributed by atoms with Gasteiger partial charge in [0.15, 0.2) is 0 Å². The van der Waals surface area contributed by atoms with Crippen LogP contribution >= 0.6 is 0 Å². The lowest BCUT2D eigenvalue weighted by atomic mass is 10.3. The average molecular weight is 82.1 g/mol. The molecule has 0 N–H and O–H groups in total. The van der Waals surface area contributed by atoms with Crippen LogP contribution in [0, 0.1) is 0 Å². The predicted octanol–water partition coefficient (Wildman–Crippen LogP) is 2.14. The molecule has 0 amide bonds. The van der Waals surface area contributed by atoms with Gasteiger partial charge in [-0.15, -0.1) is 0 Å². The van der Waals surface area contributed by atoms with Crippen molar-refractivity contribution in [3.05, 3.63) is 24.3 Å². The molecule has 0 heteroatoms. The summed E-state index contributed by atoms with van der Waals surface area (Å²) in [6.07, 6.45) is 3.95. The summed E-state index contributed by atoms with van der Waals surface area (Å²) in [7, 11) is 0. The Kier molecular flexibility index (Phi) is 2.47. The standard InChI is InChI=1S/C6H10/c1-4-5-6(2)3/h4-5H,2H2,1,3H3/b5-4+. The first-order chi connectivity index (χ1) is 2.77. The Morgan fingerprint density at radius 3 is 2.17 bits per heavy atom. The van der Waals surface area contributed by atoms with E-state index in [9.17, 15) is 0 Å². The SMILES string of the molecule is C=C(C)/C=C/C. The fourth-order valence-electron chi connectivity index (χ4n) is 0.285. The molecule has 0 rings (SSSR count). The van der Waals surface area contributed by atoms with Crippen LogP contribution in [0.15, 0.2) is 24.3 Å². The molecule has 0 bridgehead atoms. The first-order valence-electron chi connectivity index (χ1n) is 2.05. The second-order valence-electron chi connectivity index (χ2n) is 1.35. The van der Waals surface area contributed by atoms with Crippen LogP contribution in [0.2, 0.25) is 0 Å². The van der Waals surface area contributed by atoms with Crippen molar-refractivity contribution in [2.45, 2.75) is 13.8 Å². The monoisotopic (exact) mass is 82.1 g/mol. The van der Waals surface area contributed by atoms with Crippen LogP contribution in [0.4, 0.5) is 0 Å². The number of hydrogen-bond acceptors (Lipinski definition) is 0. The van der Waals surface area contributed by atoms with E-state index in [0.717, 1.165) is 5.57 Å². The maximum Gasteiger partial charge on any atom is -0.0404 e. The van der Waals surface area contributed by atoms with Crippen molar-refractivity contribution in [2.24, 2.45) is 0 Å². The normalized spacial score (nSPS) is 9.67. The van der Waals surface area contributed by atoms with Gasteiger partial charge in [-0.05, 0) is 13.8 Å². The highest BCUT2D eigenvalue weighted by molar-refractivity contribution is 5.09. The summed E-state index contributed by atoms with van der Waals surface area (Å²) < 4.78 is 0. The first-order valence-corrected chi connectivity index (χ1v) is 2.05. The molecule has 0 saturated carbocycles. The zero-order valence-corrected chi connectivity index (χ0v) is 4.36. The van der Waals surface area contributed by atoms with Crippen LogP contribution in [0.1, 0.15) is 13.8 Å². The quantitative estimate of drug-likeness (QED) is 0.425. The van der Waals surface area contributed by atoms with Gasteiger partial charge in [0.25, 0.3) is 0 Å². The lowest BCUT2D eigenvalue weighted by Gasteiger charge is -1.75. The molecule has 0 aromatic carbocycles. The summed E-state index contributed by atoms with van der Waals surface area (Å²) in [6, 6.07) is 0. The van der Waals surface area contributed by atoms with E-state index in [1.807, 2.05) is 26.0 Å². The number of allylic oxidation sites excluding steroid dienone is 3. The lowest BCUT2D eigenvalue weighted by molar-refractivity contribution is 1.54. The molecular weight excluding hydrogens is 72.1 g/mol. The molecule has 0 saturated heterocycles. The van der Waals surface area contributed by atoms with E-state index in [1.165, 1.54) is 0 Å². The van der Waals surface area contributed by atoms with Gasteiger partial charge in [-0.25, -0.2) is 0 Å². The van der Waals surface area contributed by atoms with Crippen molar-refractivity contribution in [2.75, 3.05) is 0 Å². The zero-order valence-electron chi connectivity index (χ0n) is 4.36. The van der Waals surface area contributed by atoms with Crippen LogP contribution in [0.3, 0.4) is 0 Å². The predicted molar refractivity (Wildman–Crippen MR) is 29.6 cm³/mol. The summed E-state index contributed by atoms with van der Waals surface area (Å²) in [4.78, 5) is 0. The summed E-state index contributed by atoms with van der Waals surface area (Å²) in [6.45, 7) is 7.61. The maximum atomic E-state index is 3.66. The van der Waals surface area contributed by atoms with Crippen LogP contribution in [-0.2, 0) is 0 Å². The molecular formula is C6H10. The molecule has 0 heterocycles. The van der Waals surface area contributed by atoms with Crippen molar-refractivity contribution in [3.63, 3.8) is 0 Å². The third-order valence-electron chi connectivity index (χ3n) is 0.451. The Balaban J connectivity index is 3.30. The molecule has 0 aromatic rings. The molecule has 0 radical (unpaired) electrons. The Bertz CT molecular complexity index is 68.1. The second-order valence-corrected chi connectivity index (χ2v) is 1.35. The molecule has 0 fully saturated rings. The first kappa shape index (κ1) is 5.48. The molecule has 0 aliphatic rings. The smallest absolute Gasteiger partial charge is 0.0404 e. The third-order valence-corrected chi connectivity index (χ3v) is 0.451. The fraction of sp³-hybridized carbons (Fsp3) is 0.333. The lowest BCUT2D eigenvalue weighted by Crippen LogP contribution is -1.54. The van der Waals surface area contributed by atoms with E-state index in [0.29, 0.717) is 0 Å². The molecule has 6 heavy (non-hydrogen) atoms. The van der Waals surface area contributed by atoms with Gasteiger partial charge in [-0.3, -0.25) is 0 Å². The number of rotatable bonds is 1. The van der Waals surface area contributed by atoms with E-state index in [4.69, 9.17) is 0 Å². The summed E-state index contributed by atoms with van der Waals surface area (Å²) in [5.41, 5.74) is 1.11. The minimum absolute atomic E-state index is 1.11. The van der Waals surface area contributed by atoms with Gasteiger partial charge >= 0.3 is 0 Å². The Hall–Kier alpha value is -0.520. The molecule has 34 valence electrons. The average Bonchev–Trinajstić information content (AvgIpc) is 1.35. The largest absolute Gasteiger partial charge is 0.0961 e. The highest BCUT2D eigenvalue weighted by atomic mass is 13.7. The third kappa shape index (κ3) is 3.48. The molecule has 0 aromatic heterocycles. The highest BCUT2D eigenvalue weighted by Gasteiger charge is 1.63. The second kappa shape index (κ2) is 2.70. The molecule has 0 spiro atoms. The van der Waals surface area contributed by atoms with E-state index >= 15 is 0 Å². The molecule has 0 aliphatic carbocycles. The van der Waals surface area contributed by atoms with Gasteiger partial charge in [-0.1, -0.05) is 24.3 Å². The number of hydrogen-bond donors (Lipinski definition) is 0. The molecule has 0 aliphatic heterocycles. The molecule has 0 unspecified atom stereocenters. The minimum atomic E-state index is 1.11. The van der Waals surface area contributed by atoms with Crippen LogP contribution in [0.5, 0.6) is 0 Å². The van der Waals surface area contributed by atoms with Gasteiger partial charge in [0.2, 0.25) is 0 Å². The Morgan fingerprint density at radius 1 is 1.67 bits per heavy atom. The van der Waals surface area contributed by atoms with E-state index in [-0.39, 0.29) is 0 Å². The van der Waals surface area contributed by atoms with Gasteiger partial charge in [0.1, 0.15) is 0 Å². The van der Waals surface area contributed by atoms with E-state index < -0.39 is 0 Å². The van der Waals surface area contributed by atoms with Gasteiger partial charge in [0, 0.05) is 0 Å². The molecule has 0 atom stereocenters. The maximum absolute atomic E-state index is 3.66. The van der Waals surface area contributed by atoms with Gasteiger partial charge in [0.05, 0.1) is 0 Å². The van der Waals surface area contributed by atoms with Crippen molar-refractivity contribution >= 4 is 0 Å². The molecule has 0 nitrogen and oxygen atoms in total. The van der Waals surface area contributed by atoms with Crippen molar-refractivity contribution in [1.29, 1.82) is 0 Å². The van der Waals surface area contributed by atoms with E-state index in [2.05, 4.69) is 6.58 Å². The summed E-state index contributed by atoms with van der Waals surface area (Å²) >= 11 is 0.